The fourth-order valence-corrected chi connectivity index (χ4v) is 0.481. The number of aliphatic hydroxyl groups excluding tert-OH is 1. The Labute approximate surface area is 60.6 Å². The van der Waals surface area contributed by atoms with E-state index in [0.717, 1.165) is 0 Å². The monoisotopic (exact) mass is 150 g/mol. The van der Waals surface area contributed by atoms with E-state index in [1.807, 2.05) is 0 Å². The van der Waals surface area contributed by atoms with Crippen LogP contribution in [0.5, 0.6) is 0 Å². The van der Waals surface area contributed by atoms with Crippen LogP contribution in [0.2, 0.25) is 0 Å². The molecule has 0 bridgehead atoms. The number of thiol groups is 2. The number of hydrogen-bond acceptors (Lipinski definition) is 3. The lowest BCUT2D eigenvalue weighted by molar-refractivity contribution is 0.297. The highest BCUT2D eigenvalue weighted by Gasteiger charge is 2.06. The van der Waals surface area contributed by atoms with Crippen LogP contribution in [-0.2, 0) is 0 Å². The van der Waals surface area contributed by atoms with Crippen molar-refractivity contribution < 1.29 is 5.11 Å². The molecule has 0 aliphatic carbocycles. The van der Waals surface area contributed by atoms with Crippen LogP contribution < -0.4 is 0 Å². The lowest BCUT2D eigenvalue weighted by Gasteiger charge is -2.09. The molecule has 48 valence electrons. The van der Waals surface area contributed by atoms with Crippen LogP contribution >= 0.6 is 25.3 Å². The summed E-state index contributed by atoms with van der Waals surface area (Å²) >= 11 is 8.06. The molecule has 0 fully saturated rings. The SMILES string of the molecule is C=CC(S)C(S)CO. The smallest absolute Gasteiger partial charge is 0.0561 e. The Morgan fingerprint density at radius 1 is 1.62 bits per heavy atom. The molecule has 0 aliphatic rings. The van der Waals surface area contributed by atoms with Crippen LogP contribution in [0, 0.1) is 0 Å². The third kappa shape index (κ3) is 2.64. The summed E-state index contributed by atoms with van der Waals surface area (Å²) in [5, 5.41) is 8.37. The predicted octanol–water partition coefficient (Wildman–Crippen LogP) is 0.761. The number of hydrogen-bond donors (Lipinski definition) is 3. The first-order valence-corrected chi connectivity index (χ1v) is 3.35. The van der Waals surface area contributed by atoms with Crippen molar-refractivity contribution in [2.24, 2.45) is 0 Å². The third-order valence-corrected chi connectivity index (χ3v) is 2.11. The maximum Gasteiger partial charge on any atom is 0.0561 e. The van der Waals surface area contributed by atoms with E-state index >= 15 is 0 Å². The molecule has 0 spiro atoms. The molecule has 0 aromatic rings. The van der Waals surface area contributed by atoms with Crippen molar-refractivity contribution in [1.29, 1.82) is 0 Å². The van der Waals surface area contributed by atoms with Gasteiger partial charge in [-0.15, -0.1) is 6.58 Å². The van der Waals surface area contributed by atoms with Gasteiger partial charge in [-0.2, -0.15) is 25.3 Å². The van der Waals surface area contributed by atoms with Crippen molar-refractivity contribution in [1.82, 2.24) is 0 Å². The Bertz CT molecular complexity index is 74.8. The largest absolute Gasteiger partial charge is 0.395 e. The van der Waals surface area contributed by atoms with E-state index in [4.69, 9.17) is 5.11 Å². The molecule has 0 aromatic heterocycles. The van der Waals surface area contributed by atoms with Gasteiger partial charge in [0.15, 0.2) is 0 Å². The molecule has 0 saturated carbocycles. The Morgan fingerprint density at radius 2 is 2.12 bits per heavy atom. The van der Waals surface area contributed by atoms with E-state index in [-0.39, 0.29) is 17.1 Å². The molecule has 0 amide bonds. The summed E-state index contributed by atoms with van der Waals surface area (Å²) in [6.07, 6.45) is 1.65. The lowest BCUT2D eigenvalue weighted by atomic mass is 10.3. The first kappa shape index (κ1) is 8.40. The second kappa shape index (κ2) is 4.30. The predicted molar refractivity (Wildman–Crippen MR) is 42.8 cm³/mol. The average Bonchev–Trinajstić information content (AvgIpc) is 1.84. The van der Waals surface area contributed by atoms with Gasteiger partial charge in [-0.3, -0.25) is 0 Å². The Balaban J connectivity index is 3.44. The lowest BCUT2D eigenvalue weighted by Crippen LogP contribution is -2.16. The minimum Gasteiger partial charge on any atom is -0.395 e. The van der Waals surface area contributed by atoms with E-state index in [2.05, 4.69) is 31.8 Å². The molecular formula is C5H10OS2. The van der Waals surface area contributed by atoms with Crippen molar-refractivity contribution >= 4 is 25.3 Å². The standard InChI is InChI=1S/C5H10OS2/c1-2-4(7)5(8)3-6/h2,4-8H,1,3H2. The Hall–Kier alpha value is 0.400. The van der Waals surface area contributed by atoms with Gasteiger partial charge >= 0.3 is 0 Å². The molecule has 0 radical (unpaired) electrons. The highest BCUT2D eigenvalue weighted by molar-refractivity contribution is 7.85. The van der Waals surface area contributed by atoms with Crippen LogP contribution in [0.1, 0.15) is 0 Å². The van der Waals surface area contributed by atoms with Crippen LogP contribution in [0.3, 0.4) is 0 Å². The molecule has 0 saturated heterocycles. The summed E-state index contributed by atoms with van der Waals surface area (Å²) in [6, 6.07) is 0. The number of rotatable bonds is 3. The van der Waals surface area contributed by atoms with Crippen LogP contribution in [0.4, 0.5) is 0 Å². The second-order valence-electron chi connectivity index (χ2n) is 1.48. The van der Waals surface area contributed by atoms with E-state index in [1.54, 1.807) is 6.08 Å². The highest BCUT2D eigenvalue weighted by atomic mass is 32.1. The summed E-state index contributed by atoms with van der Waals surface area (Å²) in [5.41, 5.74) is 0. The Kier molecular flexibility index (Phi) is 4.51. The molecule has 0 heterocycles. The van der Waals surface area contributed by atoms with Gasteiger partial charge in [0.2, 0.25) is 0 Å². The molecule has 0 aromatic carbocycles. The van der Waals surface area contributed by atoms with Gasteiger partial charge < -0.3 is 5.11 Å². The van der Waals surface area contributed by atoms with E-state index in [1.165, 1.54) is 0 Å². The molecule has 0 aliphatic heterocycles. The maximum absolute atomic E-state index is 8.46. The second-order valence-corrected chi connectivity index (χ2v) is 2.74. The quantitative estimate of drug-likeness (QED) is 0.401. The van der Waals surface area contributed by atoms with Gasteiger partial charge in [0.1, 0.15) is 0 Å². The van der Waals surface area contributed by atoms with Gasteiger partial charge in [0.05, 0.1) is 6.61 Å². The average molecular weight is 150 g/mol. The normalized spacial score (nSPS) is 17.4. The van der Waals surface area contributed by atoms with Crippen molar-refractivity contribution in [2.45, 2.75) is 10.5 Å². The molecule has 2 atom stereocenters. The fraction of sp³-hybridized carbons (Fsp3) is 0.600. The first-order valence-electron chi connectivity index (χ1n) is 2.32. The number of aliphatic hydroxyl groups is 1. The first-order chi connectivity index (χ1) is 3.72. The molecule has 1 nitrogen and oxygen atoms in total. The molecular weight excluding hydrogens is 140 g/mol. The topological polar surface area (TPSA) is 20.2 Å². The molecule has 1 N–H and O–H groups in total. The zero-order valence-corrected chi connectivity index (χ0v) is 6.28. The van der Waals surface area contributed by atoms with Crippen molar-refractivity contribution in [3.63, 3.8) is 0 Å². The van der Waals surface area contributed by atoms with Gasteiger partial charge in [0.25, 0.3) is 0 Å². The zero-order valence-electron chi connectivity index (χ0n) is 4.49. The van der Waals surface area contributed by atoms with Crippen molar-refractivity contribution in [3.05, 3.63) is 12.7 Å². The summed E-state index contributed by atoms with van der Waals surface area (Å²) in [7, 11) is 0. The molecule has 8 heavy (non-hydrogen) atoms. The fourth-order valence-electron chi connectivity index (χ4n) is 0.265. The van der Waals surface area contributed by atoms with E-state index in [9.17, 15) is 0 Å². The van der Waals surface area contributed by atoms with Crippen LogP contribution in [0.25, 0.3) is 0 Å². The minimum atomic E-state index is -0.0872. The summed E-state index contributed by atoms with van der Waals surface area (Å²) in [4.78, 5) is 0. The molecule has 2 unspecified atom stereocenters. The van der Waals surface area contributed by atoms with Gasteiger partial charge in [0, 0.05) is 10.5 Å². The molecule has 0 rings (SSSR count). The van der Waals surface area contributed by atoms with Gasteiger partial charge in [-0.25, -0.2) is 0 Å². The molecule has 3 heteroatoms. The van der Waals surface area contributed by atoms with Gasteiger partial charge in [-0.1, -0.05) is 6.08 Å². The summed E-state index contributed by atoms with van der Waals surface area (Å²) < 4.78 is 0. The van der Waals surface area contributed by atoms with Gasteiger partial charge in [-0.05, 0) is 0 Å². The summed E-state index contributed by atoms with van der Waals surface area (Å²) in [5.74, 6) is 0. The summed E-state index contributed by atoms with van der Waals surface area (Å²) in [6.45, 7) is 3.54. The zero-order chi connectivity index (χ0) is 6.57. The van der Waals surface area contributed by atoms with E-state index in [0.29, 0.717) is 0 Å². The minimum absolute atomic E-state index is 0.0108. The van der Waals surface area contributed by atoms with Crippen molar-refractivity contribution in [3.8, 4) is 0 Å². The van der Waals surface area contributed by atoms with Crippen molar-refractivity contribution in [2.75, 3.05) is 6.61 Å². The van der Waals surface area contributed by atoms with E-state index < -0.39 is 0 Å². The highest BCUT2D eigenvalue weighted by Crippen LogP contribution is 2.07. The van der Waals surface area contributed by atoms with Crippen LogP contribution in [-0.4, -0.2) is 22.2 Å². The Morgan fingerprint density at radius 3 is 2.25 bits per heavy atom. The van der Waals surface area contributed by atoms with Crippen LogP contribution in [0.15, 0.2) is 12.7 Å². The third-order valence-electron chi connectivity index (χ3n) is 0.823. The maximum atomic E-state index is 8.46.